The third-order valence-electron chi connectivity index (χ3n) is 9.02. The molecule has 2 saturated carbocycles. The van der Waals surface area contributed by atoms with Crippen LogP contribution in [0.4, 0.5) is 0 Å². The Kier molecular flexibility index (Phi) is 5.99. The van der Waals surface area contributed by atoms with Crippen molar-refractivity contribution in [3.05, 3.63) is 51.1 Å². The summed E-state index contributed by atoms with van der Waals surface area (Å²) >= 11 is 0. The first kappa shape index (κ1) is 22.9. The second kappa shape index (κ2) is 9.16. The summed E-state index contributed by atoms with van der Waals surface area (Å²) < 4.78 is 2.06. The van der Waals surface area contributed by atoms with Crippen LogP contribution in [0.5, 0.6) is 0 Å². The molecular weight excluding hydrogens is 436 g/mol. The van der Waals surface area contributed by atoms with E-state index >= 15 is 0 Å². The van der Waals surface area contributed by atoms with E-state index in [0.29, 0.717) is 11.5 Å². The molecule has 6 rings (SSSR count). The van der Waals surface area contributed by atoms with Crippen LogP contribution in [0.1, 0.15) is 105 Å². The predicted octanol–water partition coefficient (Wildman–Crippen LogP) is 5.38. The Bertz CT molecular complexity index is 1260. The number of pyridine rings is 1. The van der Waals surface area contributed by atoms with Gasteiger partial charge in [0.2, 0.25) is 0 Å². The molecule has 186 valence electrons. The molecule has 3 aliphatic rings. The van der Waals surface area contributed by atoms with Crippen molar-refractivity contribution < 1.29 is 0 Å². The summed E-state index contributed by atoms with van der Waals surface area (Å²) in [6.45, 7) is 6.20. The molecule has 0 bridgehead atoms. The molecule has 35 heavy (non-hydrogen) atoms. The van der Waals surface area contributed by atoms with Gasteiger partial charge in [-0.3, -0.25) is 9.69 Å². The van der Waals surface area contributed by atoms with Gasteiger partial charge in [-0.05, 0) is 97.8 Å². The van der Waals surface area contributed by atoms with Crippen molar-refractivity contribution in [3.63, 3.8) is 0 Å². The third kappa shape index (κ3) is 4.22. The highest BCUT2D eigenvalue weighted by atomic mass is 16.1. The lowest BCUT2D eigenvalue weighted by Gasteiger charge is -2.47. The van der Waals surface area contributed by atoms with Gasteiger partial charge in [-0.15, -0.1) is 5.10 Å². The molecule has 0 amide bonds. The van der Waals surface area contributed by atoms with Gasteiger partial charge < -0.3 is 4.98 Å². The summed E-state index contributed by atoms with van der Waals surface area (Å²) in [4.78, 5) is 19.5. The molecule has 0 unspecified atom stereocenters. The van der Waals surface area contributed by atoms with Gasteiger partial charge in [-0.2, -0.15) is 0 Å². The molecule has 1 atom stereocenters. The van der Waals surface area contributed by atoms with Gasteiger partial charge in [0.15, 0.2) is 5.82 Å². The van der Waals surface area contributed by atoms with Gasteiger partial charge >= 0.3 is 0 Å². The summed E-state index contributed by atoms with van der Waals surface area (Å²) in [6, 6.07) is 6.54. The number of tetrazole rings is 1. The minimum Gasteiger partial charge on any atom is -0.321 e. The Hall–Kier alpha value is -2.54. The summed E-state index contributed by atoms with van der Waals surface area (Å²) in [5, 5.41) is 14.3. The van der Waals surface area contributed by atoms with E-state index in [0.717, 1.165) is 53.8 Å². The van der Waals surface area contributed by atoms with Crippen LogP contribution < -0.4 is 5.56 Å². The number of aryl methyl sites for hydroxylation is 2. The molecule has 1 spiro atoms. The molecule has 2 aliphatic carbocycles. The molecule has 1 aliphatic heterocycles. The molecular formula is C28H38N6O. The Morgan fingerprint density at radius 2 is 1.77 bits per heavy atom. The zero-order valence-electron chi connectivity index (χ0n) is 21.2. The highest BCUT2D eigenvalue weighted by Gasteiger charge is 2.41. The molecule has 1 aromatic carbocycles. The van der Waals surface area contributed by atoms with Crippen LogP contribution in [0.25, 0.3) is 10.9 Å². The second-order valence-corrected chi connectivity index (χ2v) is 11.6. The van der Waals surface area contributed by atoms with Crippen molar-refractivity contribution in [1.29, 1.82) is 0 Å². The lowest BCUT2D eigenvalue weighted by Crippen LogP contribution is -2.47. The van der Waals surface area contributed by atoms with Gasteiger partial charge in [-0.1, -0.05) is 43.7 Å². The Balaban J connectivity index is 1.49. The van der Waals surface area contributed by atoms with Crippen LogP contribution in [-0.2, 0) is 0 Å². The highest BCUT2D eigenvalue weighted by Crippen LogP contribution is 2.46. The summed E-state index contributed by atoms with van der Waals surface area (Å²) in [5.41, 5.74) is 4.38. The Labute approximate surface area is 207 Å². The first-order valence-corrected chi connectivity index (χ1v) is 13.7. The molecule has 0 radical (unpaired) electrons. The van der Waals surface area contributed by atoms with Crippen molar-refractivity contribution in [1.82, 2.24) is 30.1 Å². The lowest BCUT2D eigenvalue weighted by molar-refractivity contribution is 0.0335. The van der Waals surface area contributed by atoms with Crippen LogP contribution >= 0.6 is 0 Å². The normalized spacial score (nSPS) is 22.2. The van der Waals surface area contributed by atoms with Gasteiger partial charge in [0.05, 0.1) is 11.6 Å². The van der Waals surface area contributed by atoms with E-state index < -0.39 is 0 Å². The quantitative estimate of drug-likeness (QED) is 0.549. The fourth-order valence-corrected chi connectivity index (χ4v) is 7.37. The largest absolute Gasteiger partial charge is 0.321 e. The number of benzene rings is 1. The summed E-state index contributed by atoms with van der Waals surface area (Å²) in [5.74, 6) is 0.846. The highest BCUT2D eigenvalue weighted by molar-refractivity contribution is 5.83. The van der Waals surface area contributed by atoms with E-state index in [4.69, 9.17) is 0 Å². The van der Waals surface area contributed by atoms with Crippen LogP contribution in [0.3, 0.4) is 0 Å². The fourth-order valence-electron chi connectivity index (χ4n) is 7.37. The smallest absolute Gasteiger partial charge is 0.253 e. The van der Waals surface area contributed by atoms with Crippen molar-refractivity contribution in [2.75, 3.05) is 13.1 Å². The number of hydrogen-bond acceptors (Lipinski definition) is 5. The summed E-state index contributed by atoms with van der Waals surface area (Å²) in [6.07, 6.45) is 13.7. The molecule has 2 aromatic heterocycles. The van der Waals surface area contributed by atoms with Crippen molar-refractivity contribution >= 4 is 10.9 Å². The van der Waals surface area contributed by atoms with E-state index in [9.17, 15) is 4.79 Å². The number of aromatic nitrogens is 5. The lowest BCUT2D eigenvalue weighted by atomic mass is 9.69. The van der Waals surface area contributed by atoms with Gasteiger partial charge in [0, 0.05) is 12.1 Å². The van der Waals surface area contributed by atoms with E-state index in [-0.39, 0.29) is 11.6 Å². The monoisotopic (exact) mass is 474 g/mol. The third-order valence-corrected chi connectivity index (χ3v) is 9.02. The fraction of sp³-hybridized carbons (Fsp3) is 0.643. The van der Waals surface area contributed by atoms with E-state index in [1.54, 1.807) is 0 Å². The molecule has 3 heterocycles. The van der Waals surface area contributed by atoms with Crippen molar-refractivity contribution in [3.8, 4) is 0 Å². The number of fused-ring (bicyclic) bond motifs is 1. The minimum atomic E-state index is -0.223. The number of nitrogens with one attached hydrogen (secondary N) is 1. The van der Waals surface area contributed by atoms with Gasteiger partial charge in [-0.25, -0.2) is 4.68 Å². The molecule has 3 fully saturated rings. The van der Waals surface area contributed by atoms with E-state index in [1.165, 1.54) is 63.4 Å². The summed E-state index contributed by atoms with van der Waals surface area (Å²) in [7, 11) is 0. The van der Waals surface area contributed by atoms with Crippen LogP contribution in [-0.4, -0.2) is 43.2 Å². The maximum absolute atomic E-state index is 13.7. The number of likely N-dealkylation sites (tertiary alicyclic amines) is 1. The van der Waals surface area contributed by atoms with Gasteiger partial charge in [0.25, 0.3) is 5.56 Å². The van der Waals surface area contributed by atoms with Crippen molar-refractivity contribution in [2.24, 2.45) is 5.41 Å². The van der Waals surface area contributed by atoms with E-state index in [1.807, 2.05) is 0 Å². The topological polar surface area (TPSA) is 79.7 Å². The average Bonchev–Trinajstić information content (AvgIpc) is 3.53. The van der Waals surface area contributed by atoms with Crippen molar-refractivity contribution in [2.45, 2.75) is 96.6 Å². The first-order chi connectivity index (χ1) is 17.0. The first-order valence-electron chi connectivity index (χ1n) is 13.7. The molecule has 1 saturated heterocycles. The van der Waals surface area contributed by atoms with Crippen LogP contribution in [0.2, 0.25) is 0 Å². The maximum Gasteiger partial charge on any atom is 0.253 e. The number of nitrogens with zero attached hydrogens (tertiary/aromatic N) is 5. The molecule has 1 N–H and O–H groups in total. The minimum absolute atomic E-state index is 0.0151. The second-order valence-electron chi connectivity index (χ2n) is 11.6. The predicted molar refractivity (Wildman–Crippen MR) is 138 cm³/mol. The average molecular weight is 475 g/mol. The standard InChI is InChI=1S/C28H38N6O/c1-19-15-20(2)24-21(16-19)17-23(27(35)29-24)25(26-30-31-32-34(26)22-9-4-5-10-22)33-14-8-13-28(18-33)11-6-3-7-12-28/h15-17,22,25H,3-14,18H2,1-2H3,(H,29,35)/t25-/m1/s1. The van der Waals surface area contributed by atoms with Crippen LogP contribution in [0.15, 0.2) is 23.0 Å². The zero-order chi connectivity index (χ0) is 24.0. The number of rotatable bonds is 4. The van der Waals surface area contributed by atoms with Gasteiger partial charge in [0.1, 0.15) is 6.04 Å². The maximum atomic E-state index is 13.7. The number of hydrogen-bond donors (Lipinski definition) is 1. The molecule has 7 heteroatoms. The van der Waals surface area contributed by atoms with Crippen LogP contribution in [0, 0.1) is 19.3 Å². The molecule has 7 nitrogen and oxygen atoms in total. The SMILES string of the molecule is Cc1cc(C)c2[nH]c(=O)c([C@H](c3nnnn3C3CCCC3)N3CCCC4(CCCCC4)C3)cc2c1. The Morgan fingerprint density at radius 1 is 1.00 bits per heavy atom. The number of aromatic amines is 1. The number of piperidine rings is 1. The number of H-pyrrole nitrogens is 1. The Morgan fingerprint density at radius 3 is 2.57 bits per heavy atom. The zero-order valence-corrected chi connectivity index (χ0v) is 21.2. The van der Waals surface area contributed by atoms with E-state index in [2.05, 4.69) is 62.1 Å². The molecule has 3 aromatic rings.